The Balaban J connectivity index is 1.49. The van der Waals surface area contributed by atoms with Crippen LogP contribution in [0.25, 0.3) is 0 Å². The topological polar surface area (TPSA) is 73.9 Å². The van der Waals surface area contributed by atoms with Crippen LogP contribution in [-0.2, 0) is 19.7 Å². The molecule has 1 aliphatic heterocycles. The average molecular weight is 466 g/mol. The highest BCUT2D eigenvalue weighted by Gasteiger charge is 2.42. The molecular formula is C28H35NO5. The maximum Gasteiger partial charge on any atom is 0.337 e. The minimum atomic E-state index is -0.662. The molecule has 0 unspecified atom stereocenters. The SMILES string of the molecule is COC(=O)c1ccc([C@H](C)NC(=O)C2(c3cccc(OCC4CCCC4)c3)CCOCC2)cc1. The second-order valence-electron chi connectivity index (χ2n) is 9.49. The van der Waals surface area contributed by atoms with Crippen molar-refractivity contribution < 1.29 is 23.8 Å². The standard InChI is InChI=1S/C28H35NO5/c1-20(22-10-12-23(13-11-22)26(30)32-2)29-27(31)28(14-16-33-17-15-28)24-8-5-9-25(18-24)34-19-21-6-3-4-7-21/h5,8-13,18,20-21H,3-4,6-7,14-17,19H2,1-2H3,(H,29,31)/t20-/m0/s1. The quantitative estimate of drug-likeness (QED) is 0.558. The number of carbonyl (C=O) groups is 2. The van der Waals surface area contributed by atoms with Crippen molar-refractivity contribution in [3.63, 3.8) is 0 Å². The molecule has 34 heavy (non-hydrogen) atoms. The van der Waals surface area contributed by atoms with Crippen LogP contribution in [0.2, 0.25) is 0 Å². The zero-order valence-corrected chi connectivity index (χ0v) is 20.2. The molecular weight excluding hydrogens is 430 g/mol. The van der Waals surface area contributed by atoms with Crippen LogP contribution in [0.1, 0.15) is 73.0 Å². The molecule has 2 aromatic carbocycles. The first-order valence-electron chi connectivity index (χ1n) is 12.3. The predicted octanol–water partition coefficient (Wildman–Crippen LogP) is 4.97. The lowest BCUT2D eigenvalue weighted by Gasteiger charge is -2.37. The lowest BCUT2D eigenvalue weighted by Crippen LogP contribution is -2.48. The van der Waals surface area contributed by atoms with Crippen molar-refractivity contribution in [2.24, 2.45) is 5.92 Å². The zero-order chi connectivity index (χ0) is 24.0. The van der Waals surface area contributed by atoms with E-state index in [2.05, 4.69) is 5.32 Å². The van der Waals surface area contributed by atoms with Crippen molar-refractivity contribution in [2.45, 2.75) is 56.9 Å². The number of esters is 1. The Morgan fingerprint density at radius 3 is 2.47 bits per heavy atom. The fourth-order valence-corrected chi connectivity index (χ4v) is 5.09. The van der Waals surface area contributed by atoms with E-state index in [9.17, 15) is 9.59 Å². The first-order chi connectivity index (χ1) is 16.5. The van der Waals surface area contributed by atoms with Gasteiger partial charge >= 0.3 is 5.97 Å². The minimum Gasteiger partial charge on any atom is -0.493 e. The summed E-state index contributed by atoms with van der Waals surface area (Å²) in [6, 6.07) is 15.0. The fourth-order valence-electron chi connectivity index (χ4n) is 5.09. The largest absolute Gasteiger partial charge is 0.493 e. The van der Waals surface area contributed by atoms with Gasteiger partial charge in [0.25, 0.3) is 0 Å². The molecule has 1 saturated heterocycles. The molecule has 1 atom stereocenters. The van der Waals surface area contributed by atoms with Crippen LogP contribution in [0.15, 0.2) is 48.5 Å². The molecule has 0 bridgehead atoms. The summed E-state index contributed by atoms with van der Waals surface area (Å²) in [7, 11) is 1.36. The smallest absolute Gasteiger partial charge is 0.337 e. The maximum atomic E-state index is 13.7. The Hall–Kier alpha value is -2.86. The summed E-state index contributed by atoms with van der Waals surface area (Å²) < 4.78 is 16.5. The van der Waals surface area contributed by atoms with Gasteiger partial charge < -0.3 is 19.5 Å². The van der Waals surface area contributed by atoms with Gasteiger partial charge in [-0.15, -0.1) is 0 Å². The molecule has 0 aromatic heterocycles. The molecule has 2 aliphatic rings. The number of ether oxygens (including phenoxy) is 3. The van der Waals surface area contributed by atoms with Crippen molar-refractivity contribution in [3.8, 4) is 5.75 Å². The first-order valence-corrected chi connectivity index (χ1v) is 12.3. The number of methoxy groups -OCH3 is 1. The second-order valence-corrected chi connectivity index (χ2v) is 9.49. The molecule has 6 nitrogen and oxygen atoms in total. The Kier molecular flexibility index (Phi) is 7.88. The number of benzene rings is 2. The number of nitrogens with one attached hydrogen (secondary N) is 1. The highest BCUT2D eigenvalue weighted by molar-refractivity contribution is 5.90. The normalized spacial score (nSPS) is 18.8. The lowest BCUT2D eigenvalue weighted by molar-refractivity contribution is -0.131. The molecule has 1 amide bonds. The first kappa shape index (κ1) is 24.3. The van der Waals surface area contributed by atoms with Gasteiger partial charge in [-0.3, -0.25) is 4.79 Å². The van der Waals surface area contributed by atoms with Gasteiger partial charge in [0, 0.05) is 13.2 Å². The molecule has 1 N–H and O–H groups in total. The van der Waals surface area contributed by atoms with Crippen LogP contribution >= 0.6 is 0 Å². The summed E-state index contributed by atoms with van der Waals surface area (Å²) >= 11 is 0. The van der Waals surface area contributed by atoms with Gasteiger partial charge in [-0.05, 0) is 73.9 Å². The lowest BCUT2D eigenvalue weighted by atomic mass is 9.73. The third kappa shape index (κ3) is 5.44. The monoisotopic (exact) mass is 465 g/mol. The molecule has 1 aliphatic carbocycles. The van der Waals surface area contributed by atoms with E-state index >= 15 is 0 Å². The predicted molar refractivity (Wildman–Crippen MR) is 130 cm³/mol. The molecule has 0 radical (unpaired) electrons. The molecule has 0 spiro atoms. The van der Waals surface area contributed by atoms with Gasteiger partial charge in [-0.2, -0.15) is 0 Å². The second kappa shape index (κ2) is 11.0. The van der Waals surface area contributed by atoms with E-state index in [-0.39, 0.29) is 17.9 Å². The van der Waals surface area contributed by atoms with Crippen molar-refractivity contribution in [3.05, 3.63) is 65.2 Å². The van der Waals surface area contributed by atoms with E-state index in [0.717, 1.165) is 23.5 Å². The third-order valence-electron chi connectivity index (χ3n) is 7.31. The Labute approximate surface area is 202 Å². The van der Waals surface area contributed by atoms with E-state index in [4.69, 9.17) is 14.2 Å². The van der Waals surface area contributed by atoms with Crippen LogP contribution in [0.4, 0.5) is 0 Å². The van der Waals surface area contributed by atoms with Gasteiger partial charge in [0.05, 0.1) is 30.7 Å². The number of rotatable bonds is 8. The maximum absolute atomic E-state index is 13.7. The van der Waals surface area contributed by atoms with Crippen molar-refractivity contribution in [1.82, 2.24) is 5.32 Å². The van der Waals surface area contributed by atoms with E-state index < -0.39 is 5.41 Å². The van der Waals surface area contributed by atoms with Crippen LogP contribution in [0, 0.1) is 5.92 Å². The zero-order valence-electron chi connectivity index (χ0n) is 20.2. The van der Waals surface area contributed by atoms with E-state index in [1.54, 1.807) is 12.1 Å². The minimum absolute atomic E-state index is 0.00622. The van der Waals surface area contributed by atoms with Crippen LogP contribution in [0.3, 0.4) is 0 Å². The van der Waals surface area contributed by atoms with Gasteiger partial charge in [0.1, 0.15) is 5.75 Å². The van der Waals surface area contributed by atoms with Gasteiger partial charge in [0.2, 0.25) is 5.91 Å². The summed E-state index contributed by atoms with van der Waals surface area (Å²) in [4.78, 5) is 25.4. The molecule has 182 valence electrons. The molecule has 2 aromatic rings. The number of hydrogen-bond acceptors (Lipinski definition) is 5. The molecule has 4 rings (SSSR count). The van der Waals surface area contributed by atoms with Gasteiger partial charge in [-0.25, -0.2) is 4.79 Å². The summed E-state index contributed by atoms with van der Waals surface area (Å²) in [6.07, 6.45) is 6.31. The average Bonchev–Trinajstić information content (AvgIpc) is 3.41. The van der Waals surface area contributed by atoms with Gasteiger partial charge in [0.15, 0.2) is 0 Å². The summed E-state index contributed by atoms with van der Waals surface area (Å²) in [5.74, 6) is 1.08. The van der Waals surface area contributed by atoms with Crippen molar-refractivity contribution in [2.75, 3.05) is 26.9 Å². The van der Waals surface area contributed by atoms with Crippen LogP contribution in [-0.4, -0.2) is 38.8 Å². The summed E-state index contributed by atoms with van der Waals surface area (Å²) in [5, 5.41) is 3.21. The molecule has 1 saturated carbocycles. The van der Waals surface area contributed by atoms with Crippen LogP contribution in [0.5, 0.6) is 5.75 Å². The Morgan fingerprint density at radius 1 is 1.09 bits per heavy atom. The number of carbonyl (C=O) groups excluding carboxylic acids is 2. The van der Waals surface area contributed by atoms with Crippen molar-refractivity contribution >= 4 is 11.9 Å². The van der Waals surface area contributed by atoms with E-state index in [0.29, 0.717) is 37.5 Å². The van der Waals surface area contributed by atoms with E-state index in [1.807, 2.05) is 43.3 Å². The third-order valence-corrected chi connectivity index (χ3v) is 7.31. The highest BCUT2D eigenvalue weighted by atomic mass is 16.5. The summed E-state index contributed by atoms with van der Waals surface area (Å²) in [5.41, 5.74) is 1.73. The molecule has 6 heteroatoms. The Bertz CT molecular complexity index is 975. The highest BCUT2D eigenvalue weighted by Crippen LogP contribution is 2.37. The number of hydrogen-bond donors (Lipinski definition) is 1. The molecule has 2 fully saturated rings. The summed E-state index contributed by atoms with van der Waals surface area (Å²) in [6.45, 7) is 3.79. The van der Waals surface area contributed by atoms with Crippen molar-refractivity contribution in [1.29, 1.82) is 0 Å². The van der Waals surface area contributed by atoms with Crippen LogP contribution < -0.4 is 10.1 Å². The van der Waals surface area contributed by atoms with Gasteiger partial charge in [-0.1, -0.05) is 37.1 Å². The number of amides is 1. The van der Waals surface area contributed by atoms with E-state index in [1.165, 1.54) is 32.8 Å². The molecule has 1 heterocycles. The Morgan fingerprint density at radius 2 is 1.79 bits per heavy atom. The fraction of sp³-hybridized carbons (Fsp3) is 0.500.